The highest BCUT2D eigenvalue weighted by Crippen LogP contribution is 2.22. The molecule has 0 saturated carbocycles. The van der Waals surface area contributed by atoms with Gasteiger partial charge in [0.2, 0.25) is 0 Å². The van der Waals surface area contributed by atoms with Gasteiger partial charge in [-0.25, -0.2) is 0 Å². The van der Waals surface area contributed by atoms with Gasteiger partial charge in [0.05, 0.1) is 11.5 Å². The maximum atomic E-state index is 10.8. The van der Waals surface area contributed by atoms with Crippen LogP contribution in [0, 0.1) is 29.4 Å². The van der Waals surface area contributed by atoms with Crippen LogP contribution in [0.1, 0.15) is 24.1 Å². The van der Waals surface area contributed by atoms with Crippen molar-refractivity contribution in [1.29, 1.82) is 0 Å². The molecule has 1 rings (SSSR count). The lowest BCUT2D eigenvalue weighted by atomic mass is 10.0. The molecule has 4 heteroatoms. The van der Waals surface area contributed by atoms with Crippen LogP contribution in [0.3, 0.4) is 0 Å². The average Bonchev–Trinajstić information content (AvgIpc) is 2.26. The molecule has 0 fully saturated rings. The topological polar surface area (TPSA) is 55.2 Å². The molecule has 0 aliphatic carbocycles. The normalized spacial score (nSPS) is 11.8. The Bertz CT molecular complexity index is 435. The summed E-state index contributed by atoms with van der Waals surface area (Å²) >= 11 is 0. The summed E-state index contributed by atoms with van der Waals surface area (Å²) in [6.45, 7) is 4.09. The van der Waals surface area contributed by atoms with Crippen LogP contribution in [-0.4, -0.2) is 11.5 Å². The van der Waals surface area contributed by atoms with Crippen LogP contribution in [0.4, 0.5) is 5.69 Å². The Labute approximate surface area is 94.8 Å². The molecule has 1 N–H and O–H groups in total. The van der Waals surface area contributed by atoms with E-state index in [9.17, 15) is 10.1 Å². The van der Waals surface area contributed by atoms with Crippen molar-refractivity contribution in [2.45, 2.75) is 19.9 Å². The minimum atomic E-state index is -0.368. The number of hydrogen-bond acceptors (Lipinski definition) is 3. The van der Waals surface area contributed by atoms with Crippen molar-refractivity contribution in [3.05, 3.63) is 39.4 Å². The van der Waals surface area contributed by atoms with Gasteiger partial charge in [-0.05, 0) is 19.4 Å². The van der Waals surface area contributed by atoms with Gasteiger partial charge in [0.15, 0.2) is 0 Å². The van der Waals surface area contributed by atoms with Crippen molar-refractivity contribution in [2.24, 2.45) is 0 Å². The van der Waals surface area contributed by atoms with E-state index in [-0.39, 0.29) is 16.7 Å². The lowest BCUT2D eigenvalue weighted by Crippen LogP contribution is -2.18. The van der Waals surface area contributed by atoms with Crippen LogP contribution in [0.5, 0.6) is 0 Å². The molecule has 0 bridgehead atoms. The first-order chi connectivity index (χ1) is 7.56. The Morgan fingerprint density at radius 2 is 2.31 bits per heavy atom. The van der Waals surface area contributed by atoms with Gasteiger partial charge in [0.1, 0.15) is 0 Å². The fourth-order valence-corrected chi connectivity index (χ4v) is 1.42. The first-order valence-electron chi connectivity index (χ1n) is 4.98. The minimum absolute atomic E-state index is 0.00958. The highest BCUT2D eigenvalue weighted by atomic mass is 16.6. The molecular formula is C12H14N2O2. The molecule has 1 aromatic carbocycles. The predicted octanol–water partition coefficient (Wildman–Crippen LogP) is 2.19. The molecule has 0 spiro atoms. The van der Waals surface area contributed by atoms with Crippen molar-refractivity contribution < 1.29 is 4.92 Å². The third-order valence-corrected chi connectivity index (χ3v) is 2.44. The predicted molar refractivity (Wildman–Crippen MR) is 63.1 cm³/mol. The van der Waals surface area contributed by atoms with E-state index in [4.69, 9.17) is 6.42 Å². The number of nitro groups is 1. The standard InChI is InChI=1S/C12H14N2O2/c1-4-7-13-10(3)11-6-5-9(2)12(8-11)14(15)16/h1,5-6,8,10,13H,7H2,2-3H3. The SMILES string of the molecule is C#CCNC(C)c1ccc(C)c([N+](=O)[O-])c1. The molecule has 0 amide bonds. The Morgan fingerprint density at radius 1 is 1.62 bits per heavy atom. The Morgan fingerprint density at radius 3 is 2.88 bits per heavy atom. The number of benzene rings is 1. The van der Waals surface area contributed by atoms with Crippen LogP contribution in [-0.2, 0) is 0 Å². The molecule has 1 unspecified atom stereocenters. The number of rotatable bonds is 4. The number of nitro benzene ring substituents is 1. The van der Waals surface area contributed by atoms with Crippen LogP contribution in [0.25, 0.3) is 0 Å². The number of nitrogens with zero attached hydrogens (tertiary/aromatic N) is 1. The summed E-state index contributed by atoms with van der Waals surface area (Å²) in [5.41, 5.74) is 1.68. The summed E-state index contributed by atoms with van der Waals surface area (Å²) in [4.78, 5) is 10.4. The van der Waals surface area contributed by atoms with Crippen molar-refractivity contribution in [2.75, 3.05) is 6.54 Å². The van der Waals surface area contributed by atoms with Crippen molar-refractivity contribution in [1.82, 2.24) is 5.32 Å². The number of terminal acetylenes is 1. The van der Waals surface area contributed by atoms with Gasteiger partial charge in [-0.1, -0.05) is 18.1 Å². The second kappa shape index (κ2) is 5.29. The lowest BCUT2D eigenvalue weighted by molar-refractivity contribution is -0.385. The van der Waals surface area contributed by atoms with Crippen molar-refractivity contribution in [3.8, 4) is 12.3 Å². The number of nitrogens with one attached hydrogen (secondary N) is 1. The molecule has 1 aromatic rings. The zero-order valence-corrected chi connectivity index (χ0v) is 9.36. The van der Waals surface area contributed by atoms with Crippen LogP contribution in [0.15, 0.2) is 18.2 Å². The Hall–Kier alpha value is -1.86. The summed E-state index contributed by atoms with van der Waals surface area (Å²) in [7, 11) is 0. The second-order valence-corrected chi connectivity index (χ2v) is 3.61. The van der Waals surface area contributed by atoms with E-state index in [1.54, 1.807) is 19.1 Å². The Kier molecular flexibility index (Phi) is 4.03. The molecule has 16 heavy (non-hydrogen) atoms. The van der Waals surface area contributed by atoms with Gasteiger partial charge in [0.25, 0.3) is 5.69 Å². The van der Waals surface area contributed by atoms with Gasteiger partial charge >= 0.3 is 0 Å². The quantitative estimate of drug-likeness (QED) is 0.479. The molecule has 0 saturated heterocycles. The van der Waals surface area contributed by atoms with Gasteiger partial charge in [-0.15, -0.1) is 6.42 Å². The minimum Gasteiger partial charge on any atom is -0.300 e. The fraction of sp³-hybridized carbons (Fsp3) is 0.333. The molecule has 0 aliphatic heterocycles. The van der Waals surface area contributed by atoms with Crippen molar-refractivity contribution >= 4 is 5.69 Å². The third-order valence-electron chi connectivity index (χ3n) is 2.44. The molecule has 0 aliphatic rings. The zero-order valence-electron chi connectivity index (χ0n) is 9.36. The molecule has 84 valence electrons. The third kappa shape index (κ3) is 2.81. The molecular weight excluding hydrogens is 204 g/mol. The van der Waals surface area contributed by atoms with E-state index < -0.39 is 0 Å². The number of aryl methyl sites for hydroxylation is 1. The van der Waals surface area contributed by atoms with Gasteiger partial charge in [-0.2, -0.15) is 0 Å². The maximum Gasteiger partial charge on any atom is 0.272 e. The smallest absolute Gasteiger partial charge is 0.272 e. The largest absolute Gasteiger partial charge is 0.300 e. The van der Waals surface area contributed by atoms with Gasteiger partial charge in [-0.3, -0.25) is 15.4 Å². The fourth-order valence-electron chi connectivity index (χ4n) is 1.42. The highest BCUT2D eigenvalue weighted by molar-refractivity contribution is 5.43. The van der Waals surface area contributed by atoms with E-state index >= 15 is 0 Å². The maximum absolute atomic E-state index is 10.8. The molecule has 0 aromatic heterocycles. The lowest BCUT2D eigenvalue weighted by Gasteiger charge is -2.12. The summed E-state index contributed by atoms with van der Waals surface area (Å²) < 4.78 is 0. The van der Waals surface area contributed by atoms with Crippen molar-refractivity contribution in [3.63, 3.8) is 0 Å². The molecule has 0 radical (unpaired) electrons. The van der Waals surface area contributed by atoms with E-state index in [1.807, 2.05) is 13.0 Å². The summed E-state index contributed by atoms with van der Waals surface area (Å²) in [5, 5.41) is 13.8. The summed E-state index contributed by atoms with van der Waals surface area (Å²) in [5.74, 6) is 2.47. The van der Waals surface area contributed by atoms with Gasteiger partial charge in [0, 0.05) is 17.7 Å². The summed E-state index contributed by atoms with van der Waals surface area (Å²) in [6.07, 6.45) is 5.14. The first-order valence-corrected chi connectivity index (χ1v) is 4.98. The van der Waals surface area contributed by atoms with E-state index in [1.165, 1.54) is 0 Å². The molecule has 1 atom stereocenters. The van der Waals surface area contributed by atoms with E-state index in [0.717, 1.165) is 5.56 Å². The monoisotopic (exact) mass is 218 g/mol. The second-order valence-electron chi connectivity index (χ2n) is 3.61. The van der Waals surface area contributed by atoms with Crippen LogP contribution >= 0.6 is 0 Å². The first kappa shape index (κ1) is 12.2. The molecule has 4 nitrogen and oxygen atoms in total. The zero-order chi connectivity index (χ0) is 12.1. The van der Waals surface area contributed by atoms with Crippen LogP contribution < -0.4 is 5.32 Å². The van der Waals surface area contributed by atoms with E-state index in [0.29, 0.717) is 12.1 Å². The number of hydrogen-bond donors (Lipinski definition) is 1. The van der Waals surface area contributed by atoms with Gasteiger partial charge < -0.3 is 0 Å². The Balaban J connectivity index is 2.94. The summed E-state index contributed by atoms with van der Waals surface area (Å²) in [6, 6.07) is 5.22. The van der Waals surface area contributed by atoms with Crippen LogP contribution in [0.2, 0.25) is 0 Å². The molecule has 0 heterocycles. The highest BCUT2D eigenvalue weighted by Gasteiger charge is 2.13. The average molecular weight is 218 g/mol. The van der Waals surface area contributed by atoms with E-state index in [2.05, 4.69) is 11.2 Å².